The van der Waals surface area contributed by atoms with E-state index in [1.54, 1.807) is 4.90 Å². The lowest BCUT2D eigenvalue weighted by atomic mass is 10.2. The van der Waals surface area contributed by atoms with E-state index in [9.17, 15) is 10.1 Å². The molecule has 0 saturated carbocycles. The fourth-order valence-electron chi connectivity index (χ4n) is 1.88. The van der Waals surface area contributed by atoms with E-state index in [0.717, 1.165) is 11.8 Å². The van der Waals surface area contributed by atoms with Gasteiger partial charge in [-0.15, -0.1) is 0 Å². The second kappa shape index (κ2) is 5.96. The van der Waals surface area contributed by atoms with Crippen LogP contribution in [0.15, 0.2) is 36.5 Å². The molecule has 7 heteroatoms. The summed E-state index contributed by atoms with van der Waals surface area (Å²) in [5.74, 6) is 0.269. The first-order valence-electron chi connectivity index (χ1n) is 6.17. The summed E-state index contributed by atoms with van der Waals surface area (Å²) in [6.45, 7) is 3.01. The van der Waals surface area contributed by atoms with Crippen molar-refractivity contribution in [3.8, 4) is 0 Å². The number of hydrogen-bond acceptors (Lipinski definition) is 6. The molecular weight excluding hydrogens is 258 g/mol. The molecule has 0 saturated heterocycles. The Morgan fingerprint density at radius 2 is 2.05 bits per heavy atom. The maximum absolute atomic E-state index is 11.1. The normalized spacial score (nSPS) is 10.2. The van der Waals surface area contributed by atoms with Crippen molar-refractivity contribution < 1.29 is 4.92 Å². The second-order valence-electron chi connectivity index (χ2n) is 4.19. The van der Waals surface area contributed by atoms with Crippen molar-refractivity contribution in [3.63, 3.8) is 0 Å². The molecule has 2 rings (SSSR count). The standard InChI is InChI=1S/C13H15N5O2/c1-2-17(9-10-6-4-3-5-7-10)12-11(18(19)20)8-15-13(14)16-12/h3-8H,2,9H2,1H3,(H2,14,15,16). The molecule has 0 aliphatic rings. The molecule has 0 spiro atoms. The van der Waals surface area contributed by atoms with Crippen LogP contribution in [0.5, 0.6) is 0 Å². The topological polar surface area (TPSA) is 98.2 Å². The van der Waals surface area contributed by atoms with Gasteiger partial charge in [0.05, 0.1) is 4.92 Å². The number of nitro groups is 1. The van der Waals surface area contributed by atoms with E-state index >= 15 is 0 Å². The van der Waals surface area contributed by atoms with Crippen molar-refractivity contribution in [2.24, 2.45) is 0 Å². The quantitative estimate of drug-likeness (QED) is 0.660. The summed E-state index contributed by atoms with van der Waals surface area (Å²) < 4.78 is 0. The largest absolute Gasteiger partial charge is 0.368 e. The third kappa shape index (κ3) is 3.00. The van der Waals surface area contributed by atoms with E-state index in [4.69, 9.17) is 5.73 Å². The Morgan fingerprint density at radius 1 is 1.35 bits per heavy atom. The predicted octanol–water partition coefficient (Wildman–Crippen LogP) is 1.99. The molecular formula is C13H15N5O2. The Labute approximate surface area is 116 Å². The van der Waals surface area contributed by atoms with Crippen molar-refractivity contribution in [1.82, 2.24) is 9.97 Å². The molecule has 0 bridgehead atoms. The fraction of sp³-hybridized carbons (Fsp3) is 0.231. The number of anilines is 2. The van der Waals surface area contributed by atoms with Crippen LogP contribution in [0.1, 0.15) is 12.5 Å². The molecule has 0 radical (unpaired) electrons. The van der Waals surface area contributed by atoms with Crippen molar-refractivity contribution in [3.05, 3.63) is 52.2 Å². The minimum Gasteiger partial charge on any atom is -0.368 e. The lowest BCUT2D eigenvalue weighted by Crippen LogP contribution is -2.24. The van der Waals surface area contributed by atoms with Gasteiger partial charge in [0.15, 0.2) is 0 Å². The van der Waals surface area contributed by atoms with E-state index in [2.05, 4.69) is 9.97 Å². The molecule has 2 aromatic rings. The van der Waals surface area contributed by atoms with E-state index in [1.807, 2.05) is 37.3 Å². The van der Waals surface area contributed by atoms with Crippen LogP contribution >= 0.6 is 0 Å². The minimum absolute atomic E-state index is 0.0251. The number of nitrogens with two attached hydrogens (primary N) is 1. The third-order valence-electron chi connectivity index (χ3n) is 2.86. The van der Waals surface area contributed by atoms with Crippen molar-refractivity contribution >= 4 is 17.5 Å². The Bertz CT molecular complexity index is 603. The maximum atomic E-state index is 11.1. The Morgan fingerprint density at radius 3 is 2.65 bits per heavy atom. The lowest BCUT2D eigenvalue weighted by Gasteiger charge is -2.21. The zero-order valence-electron chi connectivity index (χ0n) is 11.1. The zero-order chi connectivity index (χ0) is 14.5. The highest BCUT2D eigenvalue weighted by atomic mass is 16.6. The molecule has 7 nitrogen and oxygen atoms in total. The van der Waals surface area contributed by atoms with Crippen LogP contribution in [-0.2, 0) is 6.54 Å². The van der Waals surface area contributed by atoms with Gasteiger partial charge >= 0.3 is 5.69 Å². The highest BCUT2D eigenvalue weighted by Gasteiger charge is 2.21. The molecule has 0 fully saturated rings. The summed E-state index contributed by atoms with van der Waals surface area (Å²) in [6.07, 6.45) is 1.14. The lowest BCUT2D eigenvalue weighted by molar-refractivity contribution is -0.384. The predicted molar refractivity (Wildman–Crippen MR) is 76.3 cm³/mol. The van der Waals surface area contributed by atoms with Gasteiger partial charge in [-0.25, -0.2) is 4.98 Å². The summed E-state index contributed by atoms with van der Waals surface area (Å²) in [5.41, 5.74) is 6.44. The summed E-state index contributed by atoms with van der Waals surface area (Å²) in [5, 5.41) is 11.1. The van der Waals surface area contributed by atoms with Crippen molar-refractivity contribution in [2.45, 2.75) is 13.5 Å². The van der Waals surface area contributed by atoms with E-state index in [1.165, 1.54) is 0 Å². The average molecular weight is 273 g/mol. The smallest absolute Gasteiger partial charge is 0.329 e. The van der Waals surface area contributed by atoms with Gasteiger partial charge in [0.1, 0.15) is 6.20 Å². The van der Waals surface area contributed by atoms with Gasteiger partial charge in [-0.05, 0) is 12.5 Å². The third-order valence-corrected chi connectivity index (χ3v) is 2.86. The molecule has 20 heavy (non-hydrogen) atoms. The summed E-state index contributed by atoms with van der Waals surface area (Å²) >= 11 is 0. The van der Waals surface area contributed by atoms with Gasteiger partial charge in [0, 0.05) is 13.1 Å². The first-order chi connectivity index (χ1) is 9.61. The molecule has 104 valence electrons. The molecule has 1 aromatic carbocycles. The summed E-state index contributed by atoms with van der Waals surface area (Å²) in [6, 6.07) is 9.68. The van der Waals surface area contributed by atoms with Crippen LogP contribution in [0, 0.1) is 10.1 Å². The van der Waals surface area contributed by atoms with Crippen LogP contribution < -0.4 is 10.6 Å². The number of nitrogens with zero attached hydrogens (tertiary/aromatic N) is 4. The highest BCUT2D eigenvalue weighted by Crippen LogP contribution is 2.26. The molecule has 1 aromatic heterocycles. The van der Waals surface area contributed by atoms with Crippen LogP contribution in [0.2, 0.25) is 0 Å². The average Bonchev–Trinajstić information content (AvgIpc) is 2.45. The molecule has 1 heterocycles. The van der Waals surface area contributed by atoms with Gasteiger partial charge in [-0.3, -0.25) is 10.1 Å². The van der Waals surface area contributed by atoms with Crippen molar-refractivity contribution in [2.75, 3.05) is 17.2 Å². The number of hydrogen-bond donors (Lipinski definition) is 1. The van der Waals surface area contributed by atoms with Crippen LogP contribution in [-0.4, -0.2) is 21.4 Å². The molecule has 0 atom stereocenters. The van der Waals surface area contributed by atoms with E-state index in [0.29, 0.717) is 13.1 Å². The molecule has 0 aliphatic carbocycles. The Hall–Kier alpha value is -2.70. The number of rotatable bonds is 5. The SMILES string of the molecule is CCN(Cc1ccccc1)c1nc(N)ncc1[N+](=O)[O-]. The molecule has 0 amide bonds. The first kappa shape index (κ1) is 13.7. The van der Waals surface area contributed by atoms with E-state index in [-0.39, 0.29) is 17.5 Å². The van der Waals surface area contributed by atoms with Gasteiger partial charge in [-0.1, -0.05) is 30.3 Å². The monoisotopic (exact) mass is 273 g/mol. The van der Waals surface area contributed by atoms with Gasteiger partial charge in [-0.2, -0.15) is 4.98 Å². The van der Waals surface area contributed by atoms with Crippen LogP contribution in [0.4, 0.5) is 17.5 Å². The number of nitrogen functional groups attached to an aromatic ring is 1. The second-order valence-corrected chi connectivity index (χ2v) is 4.19. The van der Waals surface area contributed by atoms with Gasteiger partial charge < -0.3 is 10.6 Å². The zero-order valence-corrected chi connectivity index (χ0v) is 11.1. The highest BCUT2D eigenvalue weighted by molar-refractivity contribution is 5.58. The number of aromatic nitrogens is 2. The van der Waals surface area contributed by atoms with Gasteiger partial charge in [0.25, 0.3) is 0 Å². The first-order valence-corrected chi connectivity index (χ1v) is 6.17. The Kier molecular flexibility index (Phi) is 4.09. The molecule has 0 aliphatic heterocycles. The molecule has 0 unspecified atom stereocenters. The summed E-state index contributed by atoms with van der Waals surface area (Å²) in [7, 11) is 0. The van der Waals surface area contributed by atoms with E-state index < -0.39 is 4.92 Å². The van der Waals surface area contributed by atoms with Crippen LogP contribution in [0.3, 0.4) is 0 Å². The maximum Gasteiger partial charge on any atom is 0.329 e. The van der Waals surface area contributed by atoms with Crippen LogP contribution in [0.25, 0.3) is 0 Å². The van der Waals surface area contributed by atoms with Crippen molar-refractivity contribution in [1.29, 1.82) is 0 Å². The van der Waals surface area contributed by atoms with Gasteiger partial charge in [0.2, 0.25) is 11.8 Å². The minimum atomic E-state index is -0.498. The Balaban J connectivity index is 2.36. The molecule has 2 N–H and O–H groups in total. The number of benzene rings is 1. The summed E-state index contributed by atoms with van der Waals surface area (Å²) in [4.78, 5) is 20.1. The fourth-order valence-corrected chi connectivity index (χ4v) is 1.88.